The number of benzene rings is 2. The highest BCUT2D eigenvalue weighted by Gasteiger charge is 2.41. The van der Waals surface area contributed by atoms with Gasteiger partial charge in [-0.1, -0.05) is 48.0 Å². The number of Topliss-reactive ketones (excluding diaryl/α,β-unsaturated/α-hetero) is 1. The third-order valence-electron chi connectivity index (χ3n) is 12.9. The van der Waals surface area contributed by atoms with E-state index in [1.54, 1.807) is 19.2 Å². The molecule has 2 aliphatic rings. The molecule has 320 valence electrons. The molecule has 3 amide bonds. The molecule has 0 radical (unpaired) electrons. The maximum absolute atomic E-state index is 14.9. The number of ketones is 1. The minimum atomic E-state index is -0.634. The van der Waals surface area contributed by atoms with E-state index in [2.05, 4.69) is 15.6 Å². The standard InChI is InChI=1S/C46H63F2N7O4/c1-9-13-36(52-43(57)27(3)10-2)45(59)54-21-12-15-32(54)26-55-39-19-17-30(48)23-38(39)51-42(55)41-34(33-18-16-29(47)22-37(33)50-41)24-31-14-11-20-53(31)44(58)35(46(5,6)7)25-40(56)28(4)49-8/h16-19,22-23,27-28,31-32,35-36,49-50H,9-15,20-21,24-26H2,1-8H3,(H,52,57). The molecule has 6 unspecified atom stereocenters. The average molecular weight is 816 g/mol. The fraction of sp³-hybridized carbons (Fsp3) is 0.587. The van der Waals surface area contributed by atoms with Crippen LogP contribution in [0.15, 0.2) is 36.4 Å². The Labute approximate surface area is 347 Å². The summed E-state index contributed by atoms with van der Waals surface area (Å²) in [6, 6.07) is 7.73. The van der Waals surface area contributed by atoms with Crippen molar-refractivity contribution in [2.45, 2.75) is 137 Å². The zero-order chi connectivity index (χ0) is 42.8. The molecule has 2 aromatic carbocycles. The Balaban J connectivity index is 1.39. The van der Waals surface area contributed by atoms with Crippen LogP contribution in [0.4, 0.5) is 8.78 Å². The Morgan fingerprint density at radius 1 is 0.932 bits per heavy atom. The summed E-state index contributed by atoms with van der Waals surface area (Å²) in [5.41, 5.74) is 2.77. The molecule has 4 heterocycles. The molecule has 6 atom stereocenters. The number of amides is 3. The Hall–Kier alpha value is -4.65. The van der Waals surface area contributed by atoms with Gasteiger partial charge < -0.3 is 30.0 Å². The molecule has 2 aliphatic heterocycles. The van der Waals surface area contributed by atoms with Crippen molar-refractivity contribution in [3.05, 3.63) is 53.6 Å². The van der Waals surface area contributed by atoms with Crippen molar-refractivity contribution in [2.75, 3.05) is 20.1 Å². The first kappa shape index (κ1) is 43.9. The molecular formula is C46H63F2N7O4. The summed E-state index contributed by atoms with van der Waals surface area (Å²) < 4.78 is 31.7. The molecule has 59 heavy (non-hydrogen) atoms. The van der Waals surface area contributed by atoms with Crippen LogP contribution in [0.3, 0.4) is 0 Å². The van der Waals surface area contributed by atoms with Crippen LogP contribution in [0.2, 0.25) is 0 Å². The topological polar surface area (TPSA) is 132 Å². The number of nitrogens with zero attached hydrogens (tertiary/aromatic N) is 4. The summed E-state index contributed by atoms with van der Waals surface area (Å²) >= 11 is 0. The maximum Gasteiger partial charge on any atom is 0.245 e. The van der Waals surface area contributed by atoms with Gasteiger partial charge in [-0.3, -0.25) is 19.2 Å². The smallest absolute Gasteiger partial charge is 0.245 e. The van der Waals surface area contributed by atoms with Gasteiger partial charge in [-0.25, -0.2) is 13.8 Å². The number of carbonyl (C=O) groups is 4. The van der Waals surface area contributed by atoms with E-state index in [0.717, 1.165) is 43.1 Å². The highest BCUT2D eigenvalue weighted by Crippen LogP contribution is 2.39. The molecule has 0 bridgehead atoms. The second-order valence-corrected chi connectivity index (χ2v) is 18.0. The van der Waals surface area contributed by atoms with Gasteiger partial charge in [0.15, 0.2) is 5.82 Å². The van der Waals surface area contributed by atoms with Crippen LogP contribution in [0.25, 0.3) is 33.5 Å². The van der Waals surface area contributed by atoms with E-state index in [1.807, 2.05) is 62.8 Å². The fourth-order valence-electron chi connectivity index (χ4n) is 8.96. The van der Waals surface area contributed by atoms with E-state index in [9.17, 15) is 28.0 Å². The van der Waals surface area contributed by atoms with Gasteiger partial charge in [0.25, 0.3) is 0 Å². The molecule has 4 aromatic rings. The monoisotopic (exact) mass is 815 g/mol. The van der Waals surface area contributed by atoms with Crippen molar-refractivity contribution in [2.24, 2.45) is 17.3 Å². The predicted octanol–water partition coefficient (Wildman–Crippen LogP) is 7.55. The zero-order valence-electron chi connectivity index (χ0n) is 36.1. The van der Waals surface area contributed by atoms with Gasteiger partial charge in [-0.05, 0) is 100 Å². The molecular weight excluding hydrogens is 753 g/mol. The second kappa shape index (κ2) is 18.3. The summed E-state index contributed by atoms with van der Waals surface area (Å²) in [7, 11) is 1.74. The lowest BCUT2D eigenvalue weighted by atomic mass is 9.76. The maximum atomic E-state index is 14.9. The number of carbonyl (C=O) groups excluding carboxylic acids is 4. The molecule has 3 N–H and O–H groups in total. The van der Waals surface area contributed by atoms with Crippen molar-refractivity contribution in [3.8, 4) is 11.5 Å². The van der Waals surface area contributed by atoms with Gasteiger partial charge in [0.05, 0.1) is 22.8 Å². The molecule has 2 fully saturated rings. The van der Waals surface area contributed by atoms with Gasteiger partial charge in [0.1, 0.15) is 23.5 Å². The lowest BCUT2D eigenvalue weighted by Crippen LogP contribution is -2.51. The van der Waals surface area contributed by atoms with E-state index >= 15 is 0 Å². The van der Waals surface area contributed by atoms with Crippen molar-refractivity contribution in [3.63, 3.8) is 0 Å². The number of aromatic nitrogens is 3. The Bertz CT molecular complexity index is 2170. The van der Waals surface area contributed by atoms with Crippen molar-refractivity contribution in [1.82, 2.24) is 35.0 Å². The second-order valence-electron chi connectivity index (χ2n) is 18.0. The van der Waals surface area contributed by atoms with Crippen molar-refractivity contribution in [1.29, 1.82) is 0 Å². The van der Waals surface area contributed by atoms with Crippen LogP contribution in [-0.2, 0) is 32.1 Å². The van der Waals surface area contributed by atoms with Crippen LogP contribution in [-0.4, -0.2) is 92.1 Å². The first-order valence-electron chi connectivity index (χ1n) is 21.6. The van der Waals surface area contributed by atoms with Crippen LogP contribution >= 0.6 is 0 Å². The fourth-order valence-corrected chi connectivity index (χ4v) is 8.96. The van der Waals surface area contributed by atoms with Gasteiger partial charge in [0, 0.05) is 66.9 Å². The largest absolute Gasteiger partial charge is 0.352 e. The van der Waals surface area contributed by atoms with Crippen LogP contribution in [0.5, 0.6) is 0 Å². The van der Waals surface area contributed by atoms with E-state index in [1.165, 1.54) is 24.3 Å². The van der Waals surface area contributed by atoms with Gasteiger partial charge in [-0.15, -0.1) is 0 Å². The minimum Gasteiger partial charge on any atom is -0.352 e. The number of likely N-dealkylation sites (tertiary alicyclic amines) is 2. The van der Waals surface area contributed by atoms with E-state index < -0.39 is 29.0 Å². The third kappa shape index (κ3) is 9.40. The highest BCUT2D eigenvalue weighted by atomic mass is 19.1. The summed E-state index contributed by atoms with van der Waals surface area (Å²) in [5, 5.41) is 6.84. The molecule has 13 heteroatoms. The van der Waals surface area contributed by atoms with Gasteiger partial charge >= 0.3 is 0 Å². The van der Waals surface area contributed by atoms with Crippen molar-refractivity contribution < 1.29 is 28.0 Å². The van der Waals surface area contributed by atoms with Crippen LogP contribution in [0, 0.1) is 28.9 Å². The number of likely N-dealkylation sites (N-methyl/N-ethyl adjacent to an activating group) is 1. The normalized spacial score (nSPS) is 19.4. The number of hydrogen-bond donors (Lipinski definition) is 3. The van der Waals surface area contributed by atoms with E-state index in [-0.39, 0.29) is 54.0 Å². The predicted molar refractivity (Wildman–Crippen MR) is 228 cm³/mol. The number of halogens is 2. The lowest BCUT2D eigenvalue weighted by molar-refractivity contribution is -0.143. The number of imidazole rings is 1. The summed E-state index contributed by atoms with van der Waals surface area (Å²) in [5.74, 6) is -1.31. The Morgan fingerprint density at radius 2 is 1.59 bits per heavy atom. The van der Waals surface area contributed by atoms with Gasteiger partial charge in [0.2, 0.25) is 17.7 Å². The third-order valence-corrected chi connectivity index (χ3v) is 12.9. The number of rotatable bonds is 16. The average Bonchev–Trinajstić information content (AvgIpc) is 4.01. The van der Waals surface area contributed by atoms with Crippen LogP contribution in [0.1, 0.15) is 105 Å². The summed E-state index contributed by atoms with van der Waals surface area (Å²) in [6.07, 6.45) is 5.61. The first-order valence-corrected chi connectivity index (χ1v) is 21.6. The van der Waals surface area contributed by atoms with E-state index in [4.69, 9.17) is 4.98 Å². The molecule has 6 rings (SSSR count). The molecule has 2 saturated heterocycles. The summed E-state index contributed by atoms with van der Waals surface area (Å²) in [6.45, 7) is 15.1. The van der Waals surface area contributed by atoms with Gasteiger partial charge in [-0.2, -0.15) is 0 Å². The van der Waals surface area contributed by atoms with Crippen molar-refractivity contribution >= 4 is 45.4 Å². The van der Waals surface area contributed by atoms with Crippen LogP contribution < -0.4 is 10.6 Å². The molecule has 2 aromatic heterocycles. The lowest BCUT2D eigenvalue weighted by Gasteiger charge is -2.35. The SMILES string of the molecule is CCCC(NC(=O)C(C)CC)C(=O)N1CCCC1Cn1c(-c2[nH]c3cc(F)ccc3c2CC2CCCN2C(=O)C(CC(=O)C(C)NC)C(C)(C)C)nc2cc(F)ccc21. The number of hydrogen-bond acceptors (Lipinski definition) is 6. The molecule has 0 saturated carbocycles. The Morgan fingerprint density at radius 3 is 2.25 bits per heavy atom. The molecule has 11 nitrogen and oxygen atoms in total. The minimum absolute atomic E-state index is 0.00735. The number of nitrogens with one attached hydrogen (secondary N) is 3. The highest BCUT2D eigenvalue weighted by molar-refractivity contribution is 5.93. The quantitative estimate of drug-likeness (QED) is 0.107. The summed E-state index contributed by atoms with van der Waals surface area (Å²) in [4.78, 5) is 67.2. The van der Waals surface area contributed by atoms with E-state index in [0.29, 0.717) is 67.0 Å². The number of aromatic amines is 1. The Kier molecular flexibility index (Phi) is 13.6. The zero-order valence-corrected chi connectivity index (χ0v) is 36.1. The first-order chi connectivity index (χ1) is 28.1. The number of H-pyrrole nitrogens is 1. The number of fused-ring (bicyclic) bond motifs is 2. The molecule has 0 spiro atoms. The molecule has 0 aliphatic carbocycles.